The van der Waals surface area contributed by atoms with Gasteiger partial charge in [-0.3, -0.25) is 0 Å². The monoisotopic (exact) mass is 369 g/mol. The number of thioether (sulfide) groups is 1. The van der Waals surface area contributed by atoms with Crippen LogP contribution < -0.4 is 5.11 Å². The standard InChI is InChI=1S/C17H14N4O2S2/c22-15(23)14-8-6-12(7-9-14)10-18-21-16(24)19-20-17(21)25-11-13-4-2-1-3-5-13/h1-10H,11H2,(H,19,24)(H,22,23)/p-1/b18-10-. The summed E-state index contributed by atoms with van der Waals surface area (Å²) < 4.78 is 1.92. The van der Waals surface area contributed by atoms with Crippen LogP contribution in [0.25, 0.3) is 0 Å². The largest absolute Gasteiger partial charge is 0.545 e. The lowest BCUT2D eigenvalue weighted by atomic mass is 10.1. The number of hydrogen-bond acceptors (Lipinski definition) is 6. The molecule has 0 unspecified atom stereocenters. The van der Waals surface area contributed by atoms with Gasteiger partial charge >= 0.3 is 0 Å². The van der Waals surface area contributed by atoms with Gasteiger partial charge in [-0.1, -0.05) is 66.4 Å². The van der Waals surface area contributed by atoms with E-state index in [-0.39, 0.29) is 5.56 Å². The zero-order valence-electron chi connectivity index (χ0n) is 13.0. The van der Waals surface area contributed by atoms with Gasteiger partial charge in [0.05, 0.1) is 12.2 Å². The van der Waals surface area contributed by atoms with Gasteiger partial charge in [0, 0.05) is 5.75 Å². The van der Waals surface area contributed by atoms with Crippen LogP contribution in [0.5, 0.6) is 0 Å². The molecule has 2 aromatic carbocycles. The predicted molar refractivity (Wildman–Crippen MR) is 97.2 cm³/mol. The molecule has 0 bridgehead atoms. The second-order valence-electron chi connectivity index (χ2n) is 5.05. The molecular formula is C17H13N4O2S2-. The third-order valence-corrected chi connectivity index (χ3v) is 4.56. The number of nitrogens with zero attached hydrogens (tertiary/aromatic N) is 3. The maximum absolute atomic E-state index is 10.8. The van der Waals surface area contributed by atoms with E-state index in [1.165, 1.54) is 34.1 Å². The molecule has 0 amide bonds. The van der Waals surface area contributed by atoms with Gasteiger partial charge in [-0.15, -0.1) is 5.10 Å². The van der Waals surface area contributed by atoms with Gasteiger partial charge in [0.2, 0.25) is 9.93 Å². The second kappa shape index (κ2) is 7.91. The van der Waals surface area contributed by atoms with E-state index in [2.05, 4.69) is 15.3 Å². The molecule has 1 N–H and O–H groups in total. The highest BCUT2D eigenvalue weighted by Gasteiger charge is 2.06. The molecule has 0 spiro atoms. The molecule has 1 heterocycles. The Morgan fingerprint density at radius 2 is 1.96 bits per heavy atom. The Morgan fingerprint density at radius 3 is 2.64 bits per heavy atom. The Hall–Kier alpha value is -2.71. The Balaban J connectivity index is 1.75. The molecule has 0 saturated carbocycles. The van der Waals surface area contributed by atoms with Crippen LogP contribution in [0.2, 0.25) is 0 Å². The summed E-state index contributed by atoms with van der Waals surface area (Å²) in [4.78, 5) is 10.8. The highest BCUT2D eigenvalue weighted by Crippen LogP contribution is 2.20. The third kappa shape index (κ3) is 4.43. The van der Waals surface area contributed by atoms with Gasteiger partial charge in [0.15, 0.2) is 0 Å². The Morgan fingerprint density at radius 1 is 1.24 bits per heavy atom. The molecule has 1 aromatic heterocycles. The highest BCUT2D eigenvalue weighted by atomic mass is 32.2. The molecule has 3 aromatic rings. The Labute approximate surface area is 153 Å². The fraction of sp³-hybridized carbons (Fsp3) is 0.0588. The quantitative estimate of drug-likeness (QED) is 0.410. The number of carboxylic acid groups (broad SMARTS) is 1. The minimum atomic E-state index is -1.21. The summed E-state index contributed by atoms with van der Waals surface area (Å²) in [6.07, 6.45) is 1.59. The van der Waals surface area contributed by atoms with Crippen LogP contribution in [-0.2, 0) is 5.75 Å². The van der Waals surface area contributed by atoms with Crippen molar-refractivity contribution in [3.8, 4) is 0 Å². The van der Waals surface area contributed by atoms with Crippen LogP contribution in [-0.4, -0.2) is 27.1 Å². The Bertz CT molecular complexity index is 947. The first-order valence-corrected chi connectivity index (χ1v) is 8.73. The van der Waals surface area contributed by atoms with E-state index in [0.717, 1.165) is 11.3 Å². The van der Waals surface area contributed by atoms with Crippen molar-refractivity contribution in [3.05, 3.63) is 76.1 Å². The molecule has 0 aliphatic rings. The van der Waals surface area contributed by atoms with Crippen molar-refractivity contribution in [1.29, 1.82) is 0 Å². The van der Waals surface area contributed by atoms with E-state index in [1.54, 1.807) is 18.3 Å². The first-order valence-electron chi connectivity index (χ1n) is 7.33. The minimum Gasteiger partial charge on any atom is -0.545 e. The Kier molecular flexibility index (Phi) is 5.42. The maximum Gasteiger partial charge on any atom is 0.217 e. The summed E-state index contributed by atoms with van der Waals surface area (Å²) >= 11 is 6.72. The lowest BCUT2D eigenvalue weighted by Crippen LogP contribution is -2.21. The average molecular weight is 369 g/mol. The van der Waals surface area contributed by atoms with E-state index in [4.69, 9.17) is 12.2 Å². The number of hydrogen-bond donors (Lipinski definition) is 1. The van der Waals surface area contributed by atoms with Gasteiger partial charge in [0.1, 0.15) is 0 Å². The number of benzene rings is 2. The van der Waals surface area contributed by atoms with Crippen LogP contribution in [0.4, 0.5) is 0 Å². The van der Waals surface area contributed by atoms with Crippen molar-refractivity contribution in [1.82, 2.24) is 14.9 Å². The summed E-state index contributed by atoms with van der Waals surface area (Å²) in [5.74, 6) is -0.462. The SMILES string of the molecule is O=C([O-])c1ccc(/C=N\n2c(SCc3ccccc3)n[nH]c2=S)cc1. The van der Waals surface area contributed by atoms with Crippen molar-refractivity contribution in [3.63, 3.8) is 0 Å². The lowest BCUT2D eigenvalue weighted by Gasteiger charge is -2.02. The second-order valence-corrected chi connectivity index (χ2v) is 6.38. The van der Waals surface area contributed by atoms with Crippen molar-refractivity contribution in [2.75, 3.05) is 0 Å². The maximum atomic E-state index is 10.8. The smallest absolute Gasteiger partial charge is 0.217 e. The lowest BCUT2D eigenvalue weighted by molar-refractivity contribution is -0.255. The van der Waals surface area contributed by atoms with Gasteiger partial charge in [-0.05, 0) is 28.9 Å². The van der Waals surface area contributed by atoms with E-state index in [1.807, 2.05) is 30.3 Å². The molecule has 126 valence electrons. The summed E-state index contributed by atoms with van der Waals surface area (Å²) in [6, 6.07) is 16.3. The summed E-state index contributed by atoms with van der Waals surface area (Å²) in [7, 11) is 0. The van der Waals surface area contributed by atoms with Crippen LogP contribution in [0.15, 0.2) is 64.9 Å². The molecule has 0 saturated heterocycles. The molecule has 3 rings (SSSR count). The molecule has 0 aliphatic heterocycles. The number of carbonyl (C=O) groups is 1. The number of H-pyrrole nitrogens is 1. The van der Waals surface area contributed by atoms with Gasteiger partial charge in [0.25, 0.3) is 0 Å². The minimum absolute atomic E-state index is 0.121. The van der Waals surface area contributed by atoms with Gasteiger partial charge in [-0.25, -0.2) is 5.10 Å². The number of aromatic nitrogens is 3. The number of carboxylic acids is 1. The molecule has 8 heteroatoms. The van der Waals surface area contributed by atoms with E-state index in [9.17, 15) is 9.90 Å². The van der Waals surface area contributed by atoms with E-state index >= 15 is 0 Å². The first kappa shape index (κ1) is 17.1. The van der Waals surface area contributed by atoms with E-state index < -0.39 is 5.97 Å². The summed E-state index contributed by atoms with van der Waals surface area (Å²) in [6.45, 7) is 0. The van der Waals surface area contributed by atoms with Crippen LogP contribution >= 0.6 is 24.0 Å². The molecule has 6 nitrogen and oxygen atoms in total. The summed E-state index contributed by atoms with van der Waals surface area (Å²) in [5, 5.41) is 22.7. The predicted octanol–water partition coefficient (Wildman–Crippen LogP) is 2.48. The molecule has 0 fully saturated rings. The summed E-state index contributed by atoms with van der Waals surface area (Å²) in [5.41, 5.74) is 2.04. The number of nitrogens with one attached hydrogen (secondary N) is 1. The topological polar surface area (TPSA) is 86.1 Å². The number of aromatic carboxylic acids is 1. The van der Waals surface area contributed by atoms with Crippen molar-refractivity contribution >= 4 is 36.2 Å². The third-order valence-electron chi connectivity index (χ3n) is 3.30. The molecule has 25 heavy (non-hydrogen) atoms. The van der Waals surface area contributed by atoms with Crippen LogP contribution in [0.1, 0.15) is 21.5 Å². The first-order chi connectivity index (χ1) is 12.1. The van der Waals surface area contributed by atoms with Crippen LogP contribution in [0, 0.1) is 4.77 Å². The molecule has 0 radical (unpaired) electrons. The molecule has 0 atom stereocenters. The van der Waals surface area contributed by atoms with Crippen LogP contribution in [0.3, 0.4) is 0 Å². The van der Waals surface area contributed by atoms with Crippen molar-refractivity contribution in [2.45, 2.75) is 10.9 Å². The fourth-order valence-electron chi connectivity index (χ4n) is 2.02. The van der Waals surface area contributed by atoms with Crippen molar-refractivity contribution < 1.29 is 9.90 Å². The fourth-order valence-corrected chi connectivity index (χ4v) is 3.12. The van der Waals surface area contributed by atoms with Crippen molar-refractivity contribution in [2.24, 2.45) is 5.10 Å². The molecular weight excluding hydrogens is 356 g/mol. The number of rotatable bonds is 6. The van der Waals surface area contributed by atoms with Gasteiger partial charge in [-0.2, -0.15) is 9.78 Å². The molecule has 0 aliphatic carbocycles. The zero-order chi connectivity index (χ0) is 17.6. The zero-order valence-corrected chi connectivity index (χ0v) is 14.6. The number of aromatic amines is 1. The van der Waals surface area contributed by atoms with E-state index in [0.29, 0.717) is 9.93 Å². The normalized spacial score (nSPS) is 11.0. The van der Waals surface area contributed by atoms with Gasteiger partial charge < -0.3 is 9.90 Å². The number of carbonyl (C=O) groups excluding carboxylic acids is 1. The highest BCUT2D eigenvalue weighted by molar-refractivity contribution is 7.98. The average Bonchev–Trinajstić information content (AvgIpc) is 2.99.